The van der Waals surface area contributed by atoms with Crippen molar-refractivity contribution in [3.63, 3.8) is 0 Å². The molecule has 1 atom stereocenters. The van der Waals surface area contributed by atoms with E-state index in [1.54, 1.807) is 7.11 Å². The number of guanidine groups is 1. The maximum absolute atomic E-state index is 5.20. The molecule has 0 saturated carbocycles. The molecule has 1 saturated heterocycles. The van der Waals surface area contributed by atoms with Gasteiger partial charge in [0, 0.05) is 26.3 Å². The topological polar surface area (TPSA) is 54.7 Å². The Balaban J connectivity index is 0.00000243. The van der Waals surface area contributed by atoms with E-state index in [2.05, 4.69) is 27.2 Å². The number of hydrogen-bond donors (Lipinski definition) is 1. The van der Waals surface area contributed by atoms with Crippen LogP contribution in [-0.2, 0) is 6.54 Å². The Morgan fingerprint density at radius 1 is 1.31 bits per heavy atom. The third-order valence-electron chi connectivity index (χ3n) is 4.58. The predicted octanol–water partition coefficient (Wildman–Crippen LogP) is 3.31. The predicted molar refractivity (Wildman–Crippen MR) is 116 cm³/mol. The zero-order valence-electron chi connectivity index (χ0n) is 15.7. The Morgan fingerprint density at radius 2 is 2.08 bits per heavy atom. The van der Waals surface area contributed by atoms with Crippen LogP contribution in [0.4, 0.5) is 0 Å². The molecule has 1 N–H and O–H groups in total. The maximum Gasteiger partial charge on any atom is 0.193 e. The van der Waals surface area contributed by atoms with Gasteiger partial charge < -0.3 is 15.0 Å². The summed E-state index contributed by atoms with van der Waals surface area (Å²) in [6, 6.07) is 9.90. The van der Waals surface area contributed by atoms with Gasteiger partial charge in [-0.3, -0.25) is 4.99 Å². The number of ether oxygens (including phenoxy) is 1. The molecule has 1 aromatic carbocycles. The average molecular weight is 469 g/mol. The van der Waals surface area contributed by atoms with Crippen molar-refractivity contribution < 1.29 is 4.74 Å². The molecule has 0 radical (unpaired) electrons. The highest BCUT2D eigenvalue weighted by Gasteiger charge is 2.19. The maximum atomic E-state index is 5.20. The standard InChI is InChI=1S/C19H27N5O.HI/c1-15-5-4-11-23(14-15)19(20-2)21-13-16-10-12-24(22-16)17-6-8-18(25-3)9-7-17;/h6-10,12,15H,4-5,11,13-14H2,1-3H3,(H,20,21);1H. The van der Waals surface area contributed by atoms with Crippen molar-refractivity contribution in [3.05, 3.63) is 42.2 Å². The van der Waals surface area contributed by atoms with E-state index in [1.807, 2.05) is 48.3 Å². The number of rotatable bonds is 4. The number of benzene rings is 1. The first-order valence-corrected chi connectivity index (χ1v) is 8.84. The smallest absolute Gasteiger partial charge is 0.193 e. The highest BCUT2D eigenvalue weighted by atomic mass is 127. The first-order valence-electron chi connectivity index (χ1n) is 8.84. The van der Waals surface area contributed by atoms with Crippen molar-refractivity contribution in [2.24, 2.45) is 10.9 Å². The normalized spacial score (nSPS) is 17.6. The van der Waals surface area contributed by atoms with Crippen molar-refractivity contribution in [2.45, 2.75) is 26.3 Å². The van der Waals surface area contributed by atoms with Crippen LogP contribution in [0.25, 0.3) is 5.69 Å². The van der Waals surface area contributed by atoms with Crippen molar-refractivity contribution in [2.75, 3.05) is 27.2 Å². The molecule has 1 fully saturated rings. The lowest BCUT2D eigenvalue weighted by Crippen LogP contribution is -2.45. The first kappa shape index (κ1) is 20.5. The minimum atomic E-state index is 0. The molecule has 0 amide bonds. The molecule has 3 rings (SSSR count). The SMILES string of the molecule is CN=C(NCc1ccn(-c2ccc(OC)cc2)n1)N1CCCC(C)C1.I. The summed E-state index contributed by atoms with van der Waals surface area (Å²) in [4.78, 5) is 6.77. The summed E-state index contributed by atoms with van der Waals surface area (Å²) in [6.07, 6.45) is 4.51. The number of hydrogen-bond acceptors (Lipinski definition) is 3. The number of halogens is 1. The summed E-state index contributed by atoms with van der Waals surface area (Å²) < 4.78 is 7.07. The summed E-state index contributed by atoms with van der Waals surface area (Å²) in [6.45, 7) is 5.11. The highest BCUT2D eigenvalue weighted by Crippen LogP contribution is 2.16. The van der Waals surface area contributed by atoms with E-state index in [0.29, 0.717) is 6.54 Å². The highest BCUT2D eigenvalue weighted by molar-refractivity contribution is 14.0. The summed E-state index contributed by atoms with van der Waals surface area (Å²) >= 11 is 0. The van der Waals surface area contributed by atoms with E-state index in [1.165, 1.54) is 12.8 Å². The number of aliphatic imine (C=N–C) groups is 1. The van der Waals surface area contributed by atoms with Crippen LogP contribution in [0.2, 0.25) is 0 Å². The number of aromatic nitrogens is 2. The van der Waals surface area contributed by atoms with Crippen LogP contribution < -0.4 is 10.1 Å². The number of nitrogens with one attached hydrogen (secondary N) is 1. The Morgan fingerprint density at radius 3 is 2.73 bits per heavy atom. The molecule has 0 spiro atoms. The minimum absolute atomic E-state index is 0. The zero-order valence-corrected chi connectivity index (χ0v) is 18.0. The van der Waals surface area contributed by atoms with E-state index in [9.17, 15) is 0 Å². The molecule has 7 heteroatoms. The molecule has 1 aromatic heterocycles. The van der Waals surface area contributed by atoms with Gasteiger partial charge >= 0.3 is 0 Å². The van der Waals surface area contributed by atoms with E-state index < -0.39 is 0 Å². The molecule has 26 heavy (non-hydrogen) atoms. The van der Waals surface area contributed by atoms with Gasteiger partial charge in [0.2, 0.25) is 0 Å². The van der Waals surface area contributed by atoms with Crippen LogP contribution in [-0.4, -0.2) is 47.9 Å². The van der Waals surface area contributed by atoms with Gasteiger partial charge in [-0.1, -0.05) is 6.92 Å². The van der Waals surface area contributed by atoms with Crippen molar-refractivity contribution >= 4 is 29.9 Å². The van der Waals surface area contributed by atoms with Crippen molar-refractivity contribution in [1.82, 2.24) is 20.0 Å². The van der Waals surface area contributed by atoms with E-state index in [4.69, 9.17) is 4.74 Å². The van der Waals surface area contributed by atoms with Gasteiger partial charge in [-0.15, -0.1) is 24.0 Å². The average Bonchev–Trinajstić information content (AvgIpc) is 3.11. The third-order valence-corrected chi connectivity index (χ3v) is 4.58. The molecule has 2 aromatic rings. The van der Waals surface area contributed by atoms with E-state index in [0.717, 1.165) is 42.1 Å². The summed E-state index contributed by atoms with van der Waals surface area (Å²) in [5.41, 5.74) is 2.00. The molecule has 1 aliphatic heterocycles. The molecule has 6 nitrogen and oxygen atoms in total. The number of likely N-dealkylation sites (tertiary alicyclic amines) is 1. The van der Waals surface area contributed by atoms with Crippen LogP contribution in [0.1, 0.15) is 25.5 Å². The van der Waals surface area contributed by atoms with Crippen LogP contribution in [0.5, 0.6) is 5.75 Å². The Hall–Kier alpha value is -1.77. The number of piperidine rings is 1. The first-order chi connectivity index (χ1) is 12.2. The fraction of sp³-hybridized carbons (Fsp3) is 0.474. The summed E-state index contributed by atoms with van der Waals surface area (Å²) in [5.74, 6) is 2.53. The second kappa shape index (κ2) is 9.80. The molecule has 0 aliphatic carbocycles. The molecule has 1 unspecified atom stereocenters. The largest absolute Gasteiger partial charge is 0.497 e. The fourth-order valence-corrected chi connectivity index (χ4v) is 3.22. The van der Waals surface area contributed by atoms with Crippen LogP contribution in [0.3, 0.4) is 0 Å². The lowest BCUT2D eigenvalue weighted by molar-refractivity contribution is 0.266. The molecular formula is C19H28IN5O. The fourth-order valence-electron chi connectivity index (χ4n) is 3.22. The van der Waals surface area contributed by atoms with Crippen molar-refractivity contribution in [3.8, 4) is 11.4 Å². The summed E-state index contributed by atoms with van der Waals surface area (Å²) in [7, 11) is 3.51. The number of methoxy groups -OCH3 is 1. The van der Waals surface area contributed by atoms with Crippen LogP contribution >= 0.6 is 24.0 Å². The third kappa shape index (κ3) is 5.12. The van der Waals surface area contributed by atoms with Gasteiger partial charge in [-0.2, -0.15) is 5.10 Å². The van der Waals surface area contributed by atoms with Crippen LogP contribution in [0.15, 0.2) is 41.5 Å². The summed E-state index contributed by atoms with van der Waals surface area (Å²) in [5, 5.41) is 8.08. The van der Waals surface area contributed by atoms with Crippen LogP contribution in [0, 0.1) is 5.92 Å². The van der Waals surface area contributed by atoms with Gasteiger partial charge in [0.05, 0.1) is 25.0 Å². The Kier molecular flexibility index (Phi) is 7.74. The number of nitrogens with zero attached hydrogens (tertiary/aromatic N) is 4. The molecule has 0 bridgehead atoms. The molecular weight excluding hydrogens is 441 g/mol. The minimum Gasteiger partial charge on any atom is -0.497 e. The molecule has 2 heterocycles. The van der Waals surface area contributed by atoms with E-state index >= 15 is 0 Å². The van der Waals surface area contributed by atoms with Gasteiger partial charge in [-0.25, -0.2) is 4.68 Å². The lowest BCUT2D eigenvalue weighted by atomic mass is 10.0. The quantitative estimate of drug-likeness (QED) is 0.424. The van der Waals surface area contributed by atoms with Crippen molar-refractivity contribution in [1.29, 1.82) is 0 Å². The van der Waals surface area contributed by atoms with Gasteiger partial charge in [-0.05, 0) is 49.1 Å². The Bertz CT molecular complexity index is 713. The second-order valence-electron chi connectivity index (χ2n) is 6.54. The lowest BCUT2D eigenvalue weighted by Gasteiger charge is -2.33. The molecule has 142 valence electrons. The zero-order chi connectivity index (χ0) is 17.6. The van der Waals surface area contributed by atoms with Gasteiger partial charge in [0.25, 0.3) is 0 Å². The molecule has 1 aliphatic rings. The monoisotopic (exact) mass is 469 g/mol. The van der Waals surface area contributed by atoms with E-state index in [-0.39, 0.29) is 24.0 Å². The second-order valence-corrected chi connectivity index (χ2v) is 6.54. The van der Waals surface area contributed by atoms with Gasteiger partial charge in [0.1, 0.15) is 5.75 Å². The Labute approximate surface area is 172 Å². The van der Waals surface area contributed by atoms with Gasteiger partial charge in [0.15, 0.2) is 5.96 Å².